The van der Waals surface area contributed by atoms with Gasteiger partial charge >= 0.3 is 0 Å². The highest BCUT2D eigenvalue weighted by Crippen LogP contribution is 2.21. The Balaban J connectivity index is 0.00000300. The molecule has 0 radical (unpaired) electrons. The van der Waals surface area contributed by atoms with Gasteiger partial charge in [0, 0.05) is 18.8 Å². The van der Waals surface area contributed by atoms with Crippen molar-refractivity contribution in [1.82, 2.24) is 15.5 Å². The fraction of sp³-hybridized carbons (Fsp3) is 0.619. The van der Waals surface area contributed by atoms with Gasteiger partial charge in [0.1, 0.15) is 5.82 Å². The molecule has 0 saturated carbocycles. The zero-order valence-corrected chi connectivity index (χ0v) is 18.0. The van der Waals surface area contributed by atoms with Gasteiger partial charge in [-0.1, -0.05) is 6.07 Å². The molecule has 2 amide bonds. The Labute approximate surface area is 178 Å². The largest absolute Gasteiger partial charge is 0.354 e. The van der Waals surface area contributed by atoms with Gasteiger partial charge in [-0.3, -0.25) is 14.5 Å². The van der Waals surface area contributed by atoms with Gasteiger partial charge in [0.2, 0.25) is 11.8 Å². The quantitative estimate of drug-likeness (QED) is 0.653. The molecule has 29 heavy (non-hydrogen) atoms. The van der Waals surface area contributed by atoms with Crippen LogP contribution in [-0.4, -0.2) is 55.0 Å². The minimum absolute atomic E-state index is 0. The maximum absolute atomic E-state index is 13.5. The molecule has 3 atom stereocenters. The van der Waals surface area contributed by atoms with Crippen LogP contribution < -0.4 is 16.0 Å². The highest BCUT2D eigenvalue weighted by molar-refractivity contribution is 5.95. The van der Waals surface area contributed by atoms with Crippen molar-refractivity contribution in [2.75, 3.05) is 31.5 Å². The molecule has 1 aromatic rings. The Morgan fingerprint density at radius 1 is 1.31 bits per heavy atom. The second-order valence-corrected chi connectivity index (χ2v) is 8.02. The molecule has 0 spiro atoms. The number of carbonyl (C=O) groups excluding carboxylic acids is 2. The molecule has 2 heterocycles. The Hall–Kier alpha value is -1.70. The number of anilines is 1. The van der Waals surface area contributed by atoms with Crippen molar-refractivity contribution in [1.29, 1.82) is 0 Å². The van der Waals surface area contributed by atoms with Crippen LogP contribution in [0.3, 0.4) is 0 Å². The van der Waals surface area contributed by atoms with Crippen LogP contribution in [0.25, 0.3) is 0 Å². The summed E-state index contributed by atoms with van der Waals surface area (Å²) in [4.78, 5) is 27.0. The Kier molecular flexibility index (Phi) is 8.86. The van der Waals surface area contributed by atoms with Crippen molar-refractivity contribution in [2.45, 2.75) is 51.6 Å². The first-order valence-electron chi connectivity index (χ1n) is 10.3. The third-order valence-corrected chi connectivity index (χ3v) is 5.88. The van der Waals surface area contributed by atoms with E-state index in [0.717, 1.165) is 50.9 Å². The van der Waals surface area contributed by atoms with E-state index in [2.05, 4.69) is 20.9 Å². The maximum atomic E-state index is 13.5. The van der Waals surface area contributed by atoms with Gasteiger partial charge in [0.25, 0.3) is 0 Å². The molecule has 3 rings (SSSR count). The lowest BCUT2D eigenvalue weighted by Gasteiger charge is -2.36. The highest BCUT2D eigenvalue weighted by Gasteiger charge is 2.29. The number of nitrogens with zero attached hydrogens (tertiary/aromatic N) is 1. The normalized spacial score (nSPS) is 23.1. The number of piperidine rings is 1. The molecule has 8 heteroatoms. The molecule has 0 aromatic heterocycles. The van der Waals surface area contributed by atoms with Crippen molar-refractivity contribution < 1.29 is 14.0 Å². The van der Waals surface area contributed by atoms with Gasteiger partial charge in [-0.2, -0.15) is 0 Å². The van der Waals surface area contributed by atoms with Crippen LogP contribution >= 0.6 is 12.4 Å². The van der Waals surface area contributed by atoms with Gasteiger partial charge in [0.05, 0.1) is 12.1 Å². The monoisotopic (exact) mass is 426 g/mol. The number of amides is 2. The standard InChI is InChI=1S/C21H31FN4O2.ClH/c1-14-7-8-17(22)11-19(14)25-20(27)15(2)26-10-4-5-16(13-26)12-24-21(28)18-6-3-9-23-18;/h7-8,11,15-16,18,23H,3-6,9-10,12-13H2,1-2H3,(H,24,28)(H,25,27);1H. The lowest BCUT2D eigenvalue weighted by atomic mass is 9.96. The van der Waals surface area contributed by atoms with Crippen LogP contribution in [0.4, 0.5) is 10.1 Å². The zero-order chi connectivity index (χ0) is 20.1. The van der Waals surface area contributed by atoms with E-state index >= 15 is 0 Å². The second-order valence-electron chi connectivity index (χ2n) is 8.02. The van der Waals surface area contributed by atoms with Crippen molar-refractivity contribution >= 4 is 29.9 Å². The van der Waals surface area contributed by atoms with Crippen LogP contribution in [-0.2, 0) is 9.59 Å². The van der Waals surface area contributed by atoms with Crippen molar-refractivity contribution in [3.63, 3.8) is 0 Å². The molecule has 2 aliphatic rings. The number of halogens is 2. The van der Waals surface area contributed by atoms with Gasteiger partial charge in [-0.25, -0.2) is 4.39 Å². The van der Waals surface area contributed by atoms with E-state index < -0.39 is 0 Å². The summed E-state index contributed by atoms with van der Waals surface area (Å²) in [6.07, 6.45) is 4.00. The van der Waals surface area contributed by atoms with Crippen molar-refractivity contribution in [3.8, 4) is 0 Å². The van der Waals surface area contributed by atoms with E-state index in [9.17, 15) is 14.0 Å². The third kappa shape index (κ3) is 6.39. The number of hydrogen-bond acceptors (Lipinski definition) is 4. The molecule has 1 aromatic carbocycles. The van der Waals surface area contributed by atoms with Crippen LogP contribution in [0.5, 0.6) is 0 Å². The molecular weight excluding hydrogens is 395 g/mol. The third-order valence-electron chi connectivity index (χ3n) is 5.88. The molecule has 0 aliphatic carbocycles. The number of aryl methyl sites for hydroxylation is 1. The van der Waals surface area contributed by atoms with Crippen LogP contribution in [0.1, 0.15) is 38.2 Å². The van der Waals surface area contributed by atoms with Gasteiger partial charge in [-0.15, -0.1) is 12.4 Å². The molecule has 2 aliphatic heterocycles. The summed E-state index contributed by atoms with van der Waals surface area (Å²) in [5, 5.41) is 9.13. The number of benzene rings is 1. The minimum atomic E-state index is -0.362. The molecule has 6 nitrogen and oxygen atoms in total. The topological polar surface area (TPSA) is 73.5 Å². The predicted octanol–water partition coefficient (Wildman–Crippen LogP) is 2.46. The van der Waals surface area contributed by atoms with E-state index in [-0.39, 0.29) is 42.1 Å². The van der Waals surface area contributed by atoms with Gasteiger partial charge in [-0.05, 0) is 76.2 Å². The average Bonchev–Trinajstić information content (AvgIpc) is 3.23. The summed E-state index contributed by atoms with van der Waals surface area (Å²) >= 11 is 0. The molecular formula is C21H32ClFN4O2. The van der Waals surface area contributed by atoms with E-state index in [4.69, 9.17) is 0 Å². The van der Waals surface area contributed by atoms with Crippen LogP contribution in [0.2, 0.25) is 0 Å². The van der Waals surface area contributed by atoms with E-state index in [0.29, 0.717) is 18.2 Å². The van der Waals surface area contributed by atoms with Gasteiger partial charge in [0.15, 0.2) is 0 Å². The lowest BCUT2D eigenvalue weighted by Crippen LogP contribution is -2.50. The number of likely N-dealkylation sites (tertiary alicyclic amines) is 1. The maximum Gasteiger partial charge on any atom is 0.241 e. The van der Waals surface area contributed by atoms with E-state index in [1.807, 2.05) is 13.8 Å². The summed E-state index contributed by atoms with van der Waals surface area (Å²) < 4.78 is 13.5. The fourth-order valence-corrected chi connectivity index (χ4v) is 4.02. The molecule has 2 fully saturated rings. The highest BCUT2D eigenvalue weighted by atomic mass is 35.5. The first-order valence-corrected chi connectivity index (χ1v) is 10.3. The Bertz CT molecular complexity index is 712. The Morgan fingerprint density at radius 3 is 2.83 bits per heavy atom. The summed E-state index contributed by atoms with van der Waals surface area (Å²) in [7, 11) is 0. The number of nitrogens with one attached hydrogen (secondary N) is 3. The summed E-state index contributed by atoms with van der Waals surface area (Å²) in [6.45, 7) is 6.91. The summed E-state index contributed by atoms with van der Waals surface area (Å²) in [5.41, 5.74) is 1.35. The first-order chi connectivity index (χ1) is 13.4. The van der Waals surface area contributed by atoms with Crippen LogP contribution in [0.15, 0.2) is 18.2 Å². The predicted molar refractivity (Wildman–Crippen MR) is 115 cm³/mol. The minimum Gasteiger partial charge on any atom is -0.354 e. The SMILES string of the molecule is Cc1ccc(F)cc1NC(=O)C(C)N1CCCC(CNC(=O)C2CCCN2)C1.Cl. The zero-order valence-electron chi connectivity index (χ0n) is 17.2. The molecule has 3 unspecified atom stereocenters. The molecule has 162 valence electrons. The van der Waals surface area contributed by atoms with Crippen molar-refractivity contribution in [3.05, 3.63) is 29.6 Å². The summed E-state index contributed by atoms with van der Waals surface area (Å²) in [5.74, 6) is -0.0696. The average molecular weight is 427 g/mol. The first kappa shape index (κ1) is 23.6. The Morgan fingerprint density at radius 2 is 2.10 bits per heavy atom. The smallest absolute Gasteiger partial charge is 0.241 e. The lowest BCUT2D eigenvalue weighted by molar-refractivity contribution is -0.124. The molecule has 2 saturated heterocycles. The summed E-state index contributed by atoms with van der Waals surface area (Å²) in [6, 6.07) is 4.04. The molecule has 0 bridgehead atoms. The van der Waals surface area contributed by atoms with Crippen molar-refractivity contribution in [2.24, 2.45) is 5.92 Å². The molecule has 3 N–H and O–H groups in total. The van der Waals surface area contributed by atoms with E-state index in [1.165, 1.54) is 12.1 Å². The number of hydrogen-bond donors (Lipinski definition) is 3. The number of rotatable bonds is 6. The van der Waals surface area contributed by atoms with E-state index in [1.54, 1.807) is 6.07 Å². The fourth-order valence-electron chi connectivity index (χ4n) is 4.02. The van der Waals surface area contributed by atoms with Gasteiger partial charge < -0.3 is 16.0 Å². The number of carbonyl (C=O) groups is 2. The second kappa shape index (κ2) is 10.9. The van der Waals surface area contributed by atoms with Crippen LogP contribution in [0, 0.1) is 18.7 Å².